The lowest BCUT2D eigenvalue weighted by atomic mass is 10.2. The summed E-state index contributed by atoms with van der Waals surface area (Å²) in [6.07, 6.45) is 3.39. The van der Waals surface area contributed by atoms with Crippen LogP contribution in [0.25, 0.3) is 0 Å². The van der Waals surface area contributed by atoms with Crippen molar-refractivity contribution in [3.8, 4) is 0 Å². The van der Waals surface area contributed by atoms with Crippen molar-refractivity contribution in [1.82, 2.24) is 19.4 Å². The van der Waals surface area contributed by atoms with Crippen molar-refractivity contribution in [2.45, 2.75) is 12.5 Å². The molecule has 0 aromatic carbocycles. The lowest BCUT2D eigenvalue weighted by Crippen LogP contribution is -2.01. The second kappa shape index (κ2) is 3.85. The zero-order chi connectivity index (χ0) is 9.97. The molecule has 1 N–H and O–H groups in total. The second-order valence-electron chi connectivity index (χ2n) is 3.02. The van der Waals surface area contributed by atoms with Gasteiger partial charge in [0, 0.05) is 19.7 Å². The number of aryl methyl sites for hydroxylation is 1. The predicted molar refractivity (Wildman–Crippen MR) is 51.8 cm³/mol. The molecule has 2 aromatic rings. The Kier molecular flexibility index (Phi) is 2.55. The number of hydrogen-bond acceptors (Lipinski definition) is 5. The summed E-state index contributed by atoms with van der Waals surface area (Å²) < 4.78 is 5.41. The minimum Gasteiger partial charge on any atom is -0.387 e. The van der Waals surface area contributed by atoms with E-state index in [1.165, 1.54) is 11.5 Å². The third-order valence-corrected chi connectivity index (χ3v) is 2.64. The molecular formula is C8H10N4OS. The summed E-state index contributed by atoms with van der Waals surface area (Å²) >= 11 is 1.21. The van der Waals surface area contributed by atoms with Crippen LogP contribution in [-0.4, -0.2) is 24.5 Å². The van der Waals surface area contributed by atoms with Gasteiger partial charge in [-0.05, 0) is 17.6 Å². The number of nitrogens with zero attached hydrogens (tertiary/aromatic N) is 4. The molecule has 0 aliphatic heterocycles. The van der Waals surface area contributed by atoms with E-state index in [1.54, 1.807) is 10.9 Å². The average molecular weight is 210 g/mol. The molecule has 5 nitrogen and oxygen atoms in total. The first-order valence-corrected chi connectivity index (χ1v) is 4.97. The lowest BCUT2D eigenvalue weighted by Gasteiger charge is -2.03. The topological polar surface area (TPSA) is 63.8 Å². The van der Waals surface area contributed by atoms with Crippen LogP contribution in [0.3, 0.4) is 0 Å². The van der Waals surface area contributed by atoms with E-state index in [9.17, 15) is 5.11 Å². The van der Waals surface area contributed by atoms with Crippen LogP contribution < -0.4 is 0 Å². The molecule has 1 atom stereocenters. The van der Waals surface area contributed by atoms with Crippen molar-refractivity contribution in [2.75, 3.05) is 0 Å². The largest absolute Gasteiger partial charge is 0.387 e. The normalized spacial score (nSPS) is 13.0. The number of aliphatic hydroxyl groups is 1. The van der Waals surface area contributed by atoms with Gasteiger partial charge in [-0.2, -0.15) is 5.10 Å². The molecule has 0 spiro atoms. The molecule has 0 radical (unpaired) electrons. The van der Waals surface area contributed by atoms with Crippen molar-refractivity contribution in [3.05, 3.63) is 29.0 Å². The number of aliphatic hydroxyl groups excluding tert-OH is 1. The maximum absolute atomic E-state index is 9.75. The number of aromatic nitrogens is 4. The van der Waals surface area contributed by atoms with Crippen molar-refractivity contribution in [2.24, 2.45) is 7.05 Å². The highest BCUT2D eigenvalue weighted by Gasteiger charge is 2.12. The molecule has 0 saturated carbocycles. The molecule has 2 rings (SSSR count). The minimum atomic E-state index is -0.551. The van der Waals surface area contributed by atoms with Crippen LogP contribution in [0, 0.1) is 0 Å². The molecule has 0 aliphatic rings. The Bertz CT molecular complexity index is 397. The van der Waals surface area contributed by atoms with E-state index >= 15 is 0 Å². The molecule has 0 amide bonds. The Hall–Kier alpha value is -1.27. The average Bonchev–Trinajstić information content (AvgIpc) is 2.75. The van der Waals surface area contributed by atoms with Gasteiger partial charge in [0.2, 0.25) is 0 Å². The molecular weight excluding hydrogens is 200 g/mol. The Morgan fingerprint density at radius 2 is 2.50 bits per heavy atom. The van der Waals surface area contributed by atoms with Crippen LogP contribution >= 0.6 is 11.5 Å². The maximum atomic E-state index is 9.75. The molecule has 74 valence electrons. The van der Waals surface area contributed by atoms with Crippen LogP contribution in [0.5, 0.6) is 0 Å². The third kappa shape index (κ3) is 1.97. The van der Waals surface area contributed by atoms with E-state index in [4.69, 9.17) is 0 Å². The van der Waals surface area contributed by atoms with Gasteiger partial charge >= 0.3 is 0 Å². The first-order chi connectivity index (χ1) is 6.75. The van der Waals surface area contributed by atoms with Gasteiger partial charge in [0.1, 0.15) is 0 Å². The van der Waals surface area contributed by atoms with Crippen LogP contribution in [0.4, 0.5) is 0 Å². The number of hydrogen-bond donors (Lipinski definition) is 1. The highest BCUT2D eigenvalue weighted by Crippen LogP contribution is 2.18. The molecule has 14 heavy (non-hydrogen) atoms. The van der Waals surface area contributed by atoms with Crippen molar-refractivity contribution < 1.29 is 5.11 Å². The summed E-state index contributed by atoms with van der Waals surface area (Å²) in [7, 11) is 1.85. The molecule has 2 heterocycles. The fraction of sp³-hybridized carbons (Fsp3) is 0.375. The highest BCUT2D eigenvalue weighted by atomic mass is 32.1. The third-order valence-electron chi connectivity index (χ3n) is 1.88. The zero-order valence-electron chi connectivity index (χ0n) is 7.66. The monoisotopic (exact) mass is 210 g/mol. The van der Waals surface area contributed by atoms with Gasteiger partial charge in [0.05, 0.1) is 22.9 Å². The molecule has 0 aliphatic carbocycles. The summed E-state index contributed by atoms with van der Waals surface area (Å²) in [5.41, 5.74) is 0.869. The fourth-order valence-electron chi connectivity index (χ4n) is 1.19. The summed E-state index contributed by atoms with van der Waals surface area (Å²) in [6.45, 7) is 0. The van der Waals surface area contributed by atoms with Crippen molar-refractivity contribution in [3.63, 3.8) is 0 Å². The van der Waals surface area contributed by atoms with Crippen LogP contribution in [0.2, 0.25) is 0 Å². The summed E-state index contributed by atoms with van der Waals surface area (Å²) in [6, 6.07) is 1.89. The molecule has 0 saturated heterocycles. The fourth-order valence-corrected chi connectivity index (χ4v) is 1.68. The van der Waals surface area contributed by atoms with Crippen LogP contribution in [-0.2, 0) is 13.5 Å². The number of rotatable bonds is 3. The summed E-state index contributed by atoms with van der Waals surface area (Å²) in [4.78, 5) is 0.774. The standard InChI is InChI=1S/C8H10N4OS/c1-12-3-2-6(10-12)4-7(13)8-5-9-11-14-8/h2-3,5,7,13H,4H2,1H3. The first-order valence-electron chi connectivity index (χ1n) is 4.19. The Labute approximate surface area is 85.2 Å². The summed E-state index contributed by atoms with van der Waals surface area (Å²) in [5.74, 6) is 0. The van der Waals surface area contributed by atoms with Gasteiger partial charge in [-0.25, -0.2) is 0 Å². The van der Waals surface area contributed by atoms with Gasteiger partial charge in [0.15, 0.2) is 0 Å². The lowest BCUT2D eigenvalue weighted by molar-refractivity contribution is 0.180. The molecule has 2 aromatic heterocycles. The first kappa shape index (κ1) is 9.29. The Morgan fingerprint density at radius 3 is 3.07 bits per heavy atom. The highest BCUT2D eigenvalue weighted by molar-refractivity contribution is 7.05. The Morgan fingerprint density at radius 1 is 1.64 bits per heavy atom. The summed E-state index contributed by atoms with van der Waals surface area (Å²) in [5, 5.41) is 17.6. The van der Waals surface area contributed by atoms with E-state index < -0.39 is 6.10 Å². The van der Waals surface area contributed by atoms with E-state index in [0.29, 0.717) is 6.42 Å². The Balaban J connectivity index is 2.05. The SMILES string of the molecule is Cn1ccc(CC(O)c2cnns2)n1. The van der Waals surface area contributed by atoms with Gasteiger partial charge in [-0.3, -0.25) is 4.68 Å². The smallest absolute Gasteiger partial charge is 0.0970 e. The zero-order valence-corrected chi connectivity index (χ0v) is 8.48. The van der Waals surface area contributed by atoms with Gasteiger partial charge < -0.3 is 5.11 Å². The van der Waals surface area contributed by atoms with Gasteiger partial charge in [0.25, 0.3) is 0 Å². The maximum Gasteiger partial charge on any atom is 0.0970 e. The van der Waals surface area contributed by atoms with E-state index in [2.05, 4.69) is 14.7 Å². The van der Waals surface area contributed by atoms with Crippen LogP contribution in [0.15, 0.2) is 18.5 Å². The molecule has 0 fully saturated rings. The molecule has 6 heteroatoms. The van der Waals surface area contributed by atoms with Gasteiger partial charge in [-0.15, -0.1) is 5.10 Å². The van der Waals surface area contributed by atoms with E-state index in [0.717, 1.165) is 10.6 Å². The van der Waals surface area contributed by atoms with Crippen molar-refractivity contribution in [1.29, 1.82) is 0 Å². The second-order valence-corrected chi connectivity index (χ2v) is 3.84. The van der Waals surface area contributed by atoms with E-state index in [-0.39, 0.29) is 0 Å². The molecule has 0 bridgehead atoms. The van der Waals surface area contributed by atoms with Crippen molar-refractivity contribution >= 4 is 11.5 Å². The molecule has 1 unspecified atom stereocenters. The van der Waals surface area contributed by atoms with E-state index in [1.807, 2.05) is 19.3 Å². The minimum absolute atomic E-state index is 0.505. The van der Waals surface area contributed by atoms with Crippen LogP contribution in [0.1, 0.15) is 16.7 Å². The predicted octanol–water partition coefficient (Wildman–Crippen LogP) is 0.548. The van der Waals surface area contributed by atoms with Gasteiger partial charge in [-0.1, -0.05) is 4.49 Å². The quantitative estimate of drug-likeness (QED) is 0.803.